The topological polar surface area (TPSA) is 86.6 Å². The molecule has 0 aliphatic carbocycles. The van der Waals surface area contributed by atoms with E-state index in [2.05, 4.69) is 4.72 Å². The highest BCUT2D eigenvalue weighted by atomic mass is 32.2. The second kappa shape index (κ2) is 6.84. The summed E-state index contributed by atoms with van der Waals surface area (Å²) in [5.74, 6) is 0.584. The zero-order valence-corrected chi connectivity index (χ0v) is 13.9. The van der Waals surface area contributed by atoms with Crippen molar-refractivity contribution in [3.8, 4) is 11.5 Å². The zero-order chi connectivity index (χ0) is 17.0. The van der Waals surface area contributed by atoms with Crippen LogP contribution in [0.15, 0.2) is 46.2 Å². The van der Waals surface area contributed by atoms with Crippen molar-refractivity contribution in [1.29, 1.82) is 0 Å². The molecule has 2 rings (SSSR count). The number of pyridine rings is 1. The molecule has 124 valence electrons. The molecule has 2 aromatic rings. The van der Waals surface area contributed by atoms with Gasteiger partial charge in [-0.2, -0.15) is 0 Å². The van der Waals surface area contributed by atoms with E-state index in [1.165, 1.54) is 30.9 Å². The molecule has 0 radical (unpaired) electrons. The Hall–Kier alpha value is -2.32. The van der Waals surface area contributed by atoms with Crippen LogP contribution in [0.5, 0.6) is 11.5 Å². The van der Waals surface area contributed by atoms with Gasteiger partial charge < -0.3 is 14.0 Å². The molecule has 0 atom stereocenters. The molecular formula is C15H18N2O5S. The first-order valence-corrected chi connectivity index (χ1v) is 8.23. The maximum Gasteiger partial charge on any atom is 0.254 e. The summed E-state index contributed by atoms with van der Waals surface area (Å²) in [6.45, 7) is -0.115. The molecule has 1 aromatic heterocycles. The van der Waals surface area contributed by atoms with Crippen LogP contribution < -0.4 is 19.8 Å². The smallest absolute Gasteiger partial charge is 0.254 e. The average molecular weight is 338 g/mol. The van der Waals surface area contributed by atoms with Crippen molar-refractivity contribution in [3.05, 3.63) is 52.4 Å². The molecule has 1 N–H and O–H groups in total. The first kappa shape index (κ1) is 17.0. The third-order valence-corrected chi connectivity index (χ3v) is 4.74. The van der Waals surface area contributed by atoms with Crippen LogP contribution in [0.1, 0.15) is 5.56 Å². The number of hydrogen-bond acceptors (Lipinski definition) is 5. The quantitative estimate of drug-likeness (QED) is 0.845. The summed E-state index contributed by atoms with van der Waals surface area (Å²) in [5, 5.41) is 0. The third-order valence-electron chi connectivity index (χ3n) is 3.32. The number of benzene rings is 1. The molecule has 23 heavy (non-hydrogen) atoms. The lowest BCUT2D eigenvalue weighted by molar-refractivity contribution is 0.392. The van der Waals surface area contributed by atoms with Gasteiger partial charge in [0.1, 0.15) is 16.4 Å². The fraction of sp³-hybridized carbons (Fsp3) is 0.267. The number of methoxy groups -OCH3 is 2. The van der Waals surface area contributed by atoms with Crippen molar-refractivity contribution >= 4 is 10.0 Å². The molecule has 1 heterocycles. The van der Waals surface area contributed by atoms with Crippen molar-refractivity contribution in [2.45, 2.75) is 11.4 Å². The lowest BCUT2D eigenvalue weighted by atomic mass is 10.3. The predicted molar refractivity (Wildman–Crippen MR) is 85.3 cm³/mol. The SMILES string of the molecule is COc1ccc(OC)c(S(=O)(=O)NCc2cccn(C)c2=O)c1. The van der Waals surface area contributed by atoms with Gasteiger partial charge in [0.2, 0.25) is 10.0 Å². The Morgan fingerprint density at radius 1 is 1.17 bits per heavy atom. The van der Waals surface area contributed by atoms with Gasteiger partial charge in [0.25, 0.3) is 5.56 Å². The van der Waals surface area contributed by atoms with Crippen LogP contribution in [-0.4, -0.2) is 27.2 Å². The van der Waals surface area contributed by atoms with E-state index in [0.717, 1.165) is 0 Å². The van der Waals surface area contributed by atoms with Gasteiger partial charge in [0.15, 0.2) is 0 Å². The molecule has 0 saturated carbocycles. The summed E-state index contributed by atoms with van der Waals surface area (Å²) in [6, 6.07) is 7.73. The van der Waals surface area contributed by atoms with Crippen molar-refractivity contribution in [1.82, 2.24) is 9.29 Å². The van der Waals surface area contributed by atoms with Gasteiger partial charge in [0, 0.05) is 31.4 Å². The molecule has 0 amide bonds. The highest BCUT2D eigenvalue weighted by Crippen LogP contribution is 2.28. The molecule has 0 saturated heterocycles. The molecule has 8 heteroatoms. The highest BCUT2D eigenvalue weighted by molar-refractivity contribution is 7.89. The zero-order valence-electron chi connectivity index (χ0n) is 13.1. The van der Waals surface area contributed by atoms with Gasteiger partial charge in [-0.1, -0.05) is 6.07 Å². The Labute approximate surface area is 134 Å². The fourth-order valence-corrected chi connectivity index (χ4v) is 3.22. The first-order chi connectivity index (χ1) is 10.9. The van der Waals surface area contributed by atoms with Crippen LogP contribution in [0.25, 0.3) is 0 Å². The number of sulfonamides is 1. The van der Waals surface area contributed by atoms with E-state index < -0.39 is 10.0 Å². The minimum atomic E-state index is -3.87. The Balaban J connectivity index is 2.32. The number of rotatable bonds is 6. The maximum absolute atomic E-state index is 12.5. The van der Waals surface area contributed by atoms with Crippen LogP contribution in [-0.2, 0) is 23.6 Å². The number of nitrogens with zero attached hydrogens (tertiary/aromatic N) is 1. The molecule has 0 spiro atoms. The molecular weight excluding hydrogens is 320 g/mol. The highest BCUT2D eigenvalue weighted by Gasteiger charge is 2.20. The fourth-order valence-electron chi connectivity index (χ4n) is 2.03. The lowest BCUT2D eigenvalue weighted by Gasteiger charge is -2.12. The van der Waals surface area contributed by atoms with E-state index in [1.807, 2.05) is 0 Å². The first-order valence-electron chi connectivity index (χ1n) is 6.75. The molecule has 7 nitrogen and oxygen atoms in total. The Morgan fingerprint density at radius 2 is 1.91 bits per heavy atom. The van der Waals surface area contributed by atoms with Gasteiger partial charge >= 0.3 is 0 Å². The summed E-state index contributed by atoms with van der Waals surface area (Å²) >= 11 is 0. The van der Waals surface area contributed by atoms with Crippen molar-refractivity contribution in [3.63, 3.8) is 0 Å². The number of ether oxygens (including phenoxy) is 2. The van der Waals surface area contributed by atoms with Gasteiger partial charge in [-0.15, -0.1) is 0 Å². The summed E-state index contributed by atoms with van der Waals surface area (Å²) in [5.41, 5.74) is 0.0910. The van der Waals surface area contributed by atoms with Gasteiger partial charge in [0.05, 0.1) is 14.2 Å². The van der Waals surface area contributed by atoms with Gasteiger partial charge in [-0.3, -0.25) is 4.79 Å². The number of hydrogen-bond donors (Lipinski definition) is 1. The molecule has 0 bridgehead atoms. The van der Waals surface area contributed by atoms with E-state index in [4.69, 9.17) is 9.47 Å². The predicted octanol–water partition coefficient (Wildman–Crippen LogP) is 0.881. The summed E-state index contributed by atoms with van der Waals surface area (Å²) in [4.78, 5) is 11.9. The summed E-state index contributed by atoms with van der Waals surface area (Å²) < 4.78 is 38.9. The molecule has 0 fully saturated rings. The maximum atomic E-state index is 12.5. The van der Waals surface area contributed by atoms with Crippen LogP contribution >= 0.6 is 0 Å². The van der Waals surface area contributed by atoms with E-state index >= 15 is 0 Å². The van der Waals surface area contributed by atoms with E-state index in [1.54, 1.807) is 31.4 Å². The number of aromatic nitrogens is 1. The monoisotopic (exact) mass is 338 g/mol. The summed E-state index contributed by atoms with van der Waals surface area (Å²) in [6.07, 6.45) is 1.60. The van der Waals surface area contributed by atoms with E-state index in [9.17, 15) is 13.2 Å². The molecule has 0 aliphatic heterocycles. The average Bonchev–Trinajstić information content (AvgIpc) is 2.55. The van der Waals surface area contributed by atoms with Crippen molar-refractivity contribution < 1.29 is 17.9 Å². The minimum Gasteiger partial charge on any atom is -0.497 e. The minimum absolute atomic E-state index is 0.0490. The third kappa shape index (κ3) is 3.72. The largest absolute Gasteiger partial charge is 0.497 e. The van der Waals surface area contributed by atoms with E-state index in [0.29, 0.717) is 11.3 Å². The molecule has 1 aromatic carbocycles. The Bertz CT molecular complexity index is 858. The van der Waals surface area contributed by atoms with Crippen LogP contribution in [0, 0.1) is 0 Å². The van der Waals surface area contributed by atoms with Crippen molar-refractivity contribution in [2.75, 3.05) is 14.2 Å². The van der Waals surface area contributed by atoms with Gasteiger partial charge in [-0.05, 0) is 18.2 Å². The normalized spacial score (nSPS) is 11.3. The van der Waals surface area contributed by atoms with Crippen molar-refractivity contribution in [2.24, 2.45) is 7.05 Å². The van der Waals surface area contributed by atoms with Crippen LogP contribution in [0.2, 0.25) is 0 Å². The second-order valence-corrected chi connectivity index (χ2v) is 6.53. The molecule has 0 unspecified atom stereocenters. The van der Waals surface area contributed by atoms with Crippen LogP contribution in [0.4, 0.5) is 0 Å². The van der Waals surface area contributed by atoms with Gasteiger partial charge in [-0.25, -0.2) is 13.1 Å². The number of aryl methyl sites for hydroxylation is 1. The van der Waals surface area contributed by atoms with E-state index in [-0.39, 0.29) is 22.7 Å². The molecule has 0 aliphatic rings. The second-order valence-electron chi connectivity index (χ2n) is 4.79. The van der Waals surface area contributed by atoms with Crippen LogP contribution in [0.3, 0.4) is 0 Å². The number of nitrogens with one attached hydrogen (secondary N) is 1. The Kier molecular flexibility index (Phi) is 5.07. The Morgan fingerprint density at radius 3 is 2.57 bits per heavy atom. The summed E-state index contributed by atoms with van der Waals surface area (Å²) in [7, 11) is 0.562. The lowest BCUT2D eigenvalue weighted by Crippen LogP contribution is -2.29. The standard InChI is InChI=1S/C15H18N2O5S/c1-17-8-4-5-11(15(17)18)10-16-23(19,20)14-9-12(21-2)6-7-13(14)22-3/h4-9,16H,10H2,1-3H3.